The molecular weight excluding hydrogens is 715 g/mol. The Hall–Kier alpha value is -4.94. The van der Waals surface area contributed by atoms with E-state index in [1.54, 1.807) is 72.8 Å². The van der Waals surface area contributed by atoms with Crippen molar-refractivity contribution in [3.63, 3.8) is 0 Å². The molecule has 0 radical (unpaired) electrons. The number of ether oxygens (including phenoxy) is 6. The summed E-state index contributed by atoms with van der Waals surface area (Å²) >= 11 is 17.4. The van der Waals surface area contributed by atoms with E-state index in [0.717, 1.165) is 0 Å². The summed E-state index contributed by atoms with van der Waals surface area (Å²) < 4.78 is 31.8. The van der Waals surface area contributed by atoms with Gasteiger partial charge in [0.2, 0.25) is 12.4 Å². The lowest BCUT2D eigenvalue weighted by Gasteiger charge is -2.44. The summed E-state index contributed by atoms with van der Waals surface area (Å²) in [6, 6.07) is 31.2. The van der Waals surface area contributed by atoms with Crippen LogP contribution in [-0.4, -0.2) is 71.0 Å². The molecule has 14 heteroatoms. The fourth-order valence-corrected chi connectivity index (χ4v) is 4.93. The minimum atomic E-state index is -2.63. The van der Waals surface area contributed by atoms with Crippen molar-refractivity contribution < 1.29 is 52.4 Å². The van der Waals surface area contributed by atoms with Crippen LogP contribution in [-0.2, 0) is 33.2 Å². The summed E-state index contributed by atoms with van der Waals surface area (Å²) in [6.07, 6.45) is -8.70. The summed E-state index contributed by atoms with van der Waals surface area (Å²) in [5.74, 6) is -5.03. The van der Waals surface area contributed by atoms with E-state index in [2.05, 4.69) is 0 Å². The SMILES string of the molecule is O=C(OC[C@H]1O[C@H](OC(=O)C(Cl)(Cl)Cl)[C@H](OC(=O)c2ccccc2)[C@@H](OC(=O)c2ccccc2)[C@@H]1OC(=O)c1ccccc1)c1ccccc1. The van der Waals surface area contributed by atoms with Gasteiger partial charge in [-0.25, -0.2) is 24.0 Å². The summed E-state index contributed by atoms with van der Waals surface area (Å²) in [6.45, 7) is -0.638. The van der Waals surface area contributed by atoms with Gasteiger partial charge in [0, 0.05) is 0 Å². The zero-order valence-electron chi connectivity index (χ0n) is 25.8. The first-order valence-corrected chi connectivity index (χ1v) is 16.1. The lowest BCUT2D eigenvalue weighted by molar-refractivity contribution is -0.290. The van der Waals surface area contributed by atoms with Gasteiger partial charge in [0.25, 0.3) is 3.79 Å². The fraction of sp³-hybridized carbons (Fsp3) is 0.194. The third-order valence-corrected chi connectivity index (χ3v) is 7.65. The van der Waals surface area contributed by atoms with E-state index in [-0.39, 0.29) is 22.3 Å². The van der Waals surface area contributed by atoms with Crippen molar-refractivity contribution in [2.24, 2.45) is 0 Å². The van der Waals surface area contributed by atoms with Crippen molar-refractivity contribution in [1.82, 2.24) is 0 Å². The zero-order chi connectivity index (χ0) is 35.7. The summed E-state index contributed by atoms with van der Waals surface area (Å²) in [4.78, 5) is 66.3. The lowest BCUT2D eigenvalue weighted by Crippen LogP contribution is -2.63. The minimum Gasteiger partial charge on any atom is -0.459 e. The third kappa shape index (κ3) is 9.39. The second-order valence-corrected chi connectivity index (χ2v) is 12.9. The molecule has 1 saturated heterocycles. The lowest BCUT2D eigenvalue weighted by atomic mass is 9.97. The summed E-state index contributed by atoms with van der Waals surface area (Å²) in [7, 11) is 0. The maximum absolute atomic E-state index is 13.6. The Morgan fingerprint density at radius 1 is 0.500 bits per heavy atom. The van der Waals surface area contributed by atoms with Gasteiger partial charge in [0.05, 0.1) is 22.3 Å². The Balaban J connectivity index is 1.58. The van der Waals surface area contributed by atoms with Gasteiger partial charge < -0.3 is 28.4 Å². The largest absolute Gasteiger partial charge is 0.459 e. The number of hydrogen-bond acceptors (Lipinski definition) is 11. The van der Waals surface area contributed by atoms with Crippen LogP contribution in [0.3, 0.4) is 0 Å². The molecule has 1 aliphatic heterocycles. The molecule has 0 unspecified atom stereocenters. The topological polar surface area (TPSA) is 141 Å². The predicted octanol–water partition coefficient (Wildman–Crippen LogP) is 6.16. The van der Waals surface area contributed by atoms with Gasteiger partial charge in [-0.2, -0.15) is 0 Å². The van der Waals surface area contributed by atoms with Gasteiger partial charge in [-0.05, 0) is 48.5 Å². The van der Waals surface area contributed by atoms with Crippen LogP contribution in [0.15, 0.2) is 121 Å². The molecule has 1 heterocycles. The van der Waals surface area contributed by atoms with E-state index in [1.165, 1.54) is 48.5 Å². The molecule has 0 aliphatic carbocycles. The smallest absolute Gasteiger partial charge is 0.360 e. The molecule has 0 spiro atoms. The van der Waals surface area contributed by atoms with Crippen LogP contribution in [0.2, 0.25) is 0 Å². The minimum absolute atomic E-state index is 0.0591. The van der Waals surface area contributed by atoms with Crippen LogP contribution >= 0.6 is 34.8 Å². The van der Waals surface area contributed by atoms with Crippen molar-refractivity contribution >= 4 is 64.6 Å². The number of hydrogen-bond donors (Lipinski definition) is 0. The van der Waals surface area contributed by atoms with Gasteiger partial charge in [0.15, 0.2) is 12.2 Å². The Labute approximate surface area is 300 Å². The second-order valence-electron chi connectivity index (χ2n) is 10.6. The maximum atomic E-state index is 13.6. The van der Waals surface area contributed by atoms with Crippen molar-refractivity contribution in [2.75, 3.05) is 6.61 Å². The Kier molecular flexibility index (Phi) is 12.1. The first kappa shape index (κ1) is 36.3. The highest BCUT2D eigenvalue weighted by Gasteiger charge is 2.55. The predicted molar refractivity (Wildman–Crippen MR) is 179 cm³/mol. The Morgan fingerprint density at radius 3 is 1.26 bits per heavy atom. The van der Waals surface area contributed by atoms with Crippen molar-refractivity contribution in [1.29, 1.82) is 0 Å². The quantitative estimate of drug-likeness (QED) is 0.105. The van der Waals surface area contributed by atoms with Crippen molar-refractivity contribution in [3.05, 3.63) is 144 Å². The molecule has 0 amide bonds. The highest BCUT2D eigenvalue weighted by Crippen LogP contribution is 2.34. The van der Waals surface area contributed by atoms with E-state index in [0.29, 0.717) is 0 Å². The third-order valence-electron chi connectivity index (χ3n) is 7.19. The van der Waals surface area contributed by atoms with Crippen LogP contribution in [0.4, 0.5) is 0 Å². The number of carbonyl (C=O) groups excluding carboxylic acids is 5. The van der Waals surface area contributed by atoms with Gasteiger partial charge in [-0.15, -0.1) is 0 Å². The van der Waals surface area contributed by atoms with Crippen LogP contribution in [0.5, 0.6) is 0 Å². The van der Waals surface area contributed by atoms with E-state index >= 15 is 0 Å². The molecule has 11 nitrogen and oxygen atoms in total. The van der Waals surface area contributed by atoms with Crippen LogP contribution < -0.4 is 0 Å². The molecule has 50 heavy (non-hydrogen) atoms. The molecule has 258 valence electrons. The molecule has 4 aromatic rings. The number of alkyl halides is 3. The first-order valence-electron chi connectivity index (χ1n) is 14.9. The Morgan fingerprint density at radius 2 is 0.860 bits per heavy atom. The molecule has 0 N–H and O–H groups in total. The molecule has 5 atom stereocenters. The van der Waals surface area contributed by atoms with Crippen molar-refractivity contribution in [3.8, 4) is 0 Å². The summed E-state index contributed by atoms with van der Waals surface area (Å²) in [5.41, 5.74) is 0.413. The highest BCUT2D eigenvalue weighted by molar-refractivity contribution is 6.75. The normalized spacial score (nSPS) is 20.1. The Bertz CT molecular complexity index is 1790. The molecular formula is C36H27Cl3O11. The van der Waals surface area contributed by atoms with Crippen LogP contribution in [0.25, 0.3) is 0 Å². The molecule has 0 bridgehead atoms. The van der Waals surface area contributed by atoms with E-state index < -0.39 is 71.0 Å². The summed E-state index contributed by atoms with van der Waals surface area (Å²) in [5, 5.41) is 0. The van der Waals surface area contributed by atoms with Gasteiger partial charge in [0.1, 0.15) is 12.7 Å². The first-order chi connectivity index (χ1) is 24.0. The van der Waals surface area contributed by atoms with Gasteiger partial charge in [-0.3, -0.25) is 0 Å². The molecule has 1 aliphatic rings. The molecule has 4 aromatic carbocycles. The van der Waals surface area contributed by atoms with E-state index in [9.17, 15) is 24.0 Å². The van der Waals surface area contributed by atoms with Gasteiger partial charge in [-0.1, -0.05) is 108 Å². The molecule has 0 saturated carbocycles. The molecule has 0 aromatic heterocycles. The number of carbonyl (C=O) groups is 5. The number of benzene rings is 4. The average molecular weight is 742 g/mol. The van der Waals surface area contributed by atoms with Crippen LogP contribution in [0.1, 0.15) is 41.4 Å². The number of rotatable bonds is 10. The van der Waals surface area contributed by atoms with E-state index in [1.807, 2.05) is 0 Å². The molecule has 5 rings (SSSR count). The number of esters is 5. The van der Waals surface area contributed by atoms with Crippen LogP contribution in [0, 0.1) is 0 Å². The molecule has 1 fully saturated rings. The average Bonchev–Trinajstić information content (AvgIpc) is 3.13. The second kappa shape index (κ2) is 16.6. The van der Waals surface area contributed by atoms with E-state index in [4.69, 9.17) is 63.2 Å². The maximum Gasteiger partial charge on any atom is 0.360 e. The van der Waals surface area contributed by atoms with Gasteiger partial charge >= 0.3 is 29.8 Å². The highest BCUT2D eigenvalue weighted by atomic mass is 35.6. The number of halogens is 3. The zero-order valence-corrected chi connectivity index (χ0v) is 28.0. The standard InChI is InChI=1S/C36H27Cl3O11/c37-36(38,39)35(44)50-34-29(49-33(43)25-19-11-4-12-20-25)28(48-32(42)24-17-9-3-10-18-24)27(47-31(41)23-15-7-2-8-16-23)26(46-34)21-45-30(40)22-13-5-1-6-14-22/h1-20,26-29,34H,21H2/t26-,27-,28+,29-,34-/m1/s1. The monoisotopic (exact) mass is 740 g/mol. The van der Waals surface area contributed by atoms with Crippen molar-refractivity contribution in [2.45, 2.75) is 34.5 Å². The fourth-order valence-electron chi connectivity index (χ4n) is 4.79.